The molecule has 0 radical (unpaired) electrons. The lowest BCUT2D eigenvalue weighted by Crippen LogP contribution is -2.09. The summed E-state index contributed by atoms with van der Waals surface area (Å²) in [5.74, 6) is -3.22. The normalized spacial score (nSPS) is 10.5. The molecule has 0 aliphatic heterocycles. The number of carbonyl (C=O) groups excluding carboxylic acids is 2. The Kier molecular flexibility index (Phi) is 7.14. The van der Waals surface area contributed by atoms with E-state index in [1.807, 2.05) is 7.05 Å². The van der Waals surface area contributed by atoms with E-state index in [1.165, 1.54) is 24.5 Å². The highest BCUT2D eigenvalue weighted by molar-refractivity contribution is 6.16. The predicted octanol–water partition coefficient (Wildman–Crippen LogP) is 4.07. The molecule has 0 aliphatic rings. The molecule has 0 atom stereocenters. The summed E-state index contributed by atoms with van der Waals surface area (Å²) in [7, 11) is 1.93. The molecule has 0 saturated heterocycles. The van der Waals surface area contributed by atoms with Crippen molar-refractivity contribution in [2.75, 3.05) is 19.3 Å². The monoisotopic (exact) mass is 452 g/mol. The number of H-pyrrole nitrogens is 1. The minimum atomic E-state index is -1.12. The van der Waals surface area contributed by atoms with Crippen LogP contribution in [0.2, 0.25) is 0 Å². The Morgan fingerprint density at radius 2 is 1.94 bits per heavy atom. The number of aromatic hydroxyl groups is 1. The third kappa shape index (κ3) is 4.73. The number of carbonyl (C=O) groups is 2. The number of anilines is 1. The van der Waals surface area contributed by atoms with E-state index >= 15 is 0 Å². The SMILES string of the molecule is CCNC.Nc1ccc(F)c(C(=O)c2c[nH]c3ncc(-c4ccc(C=O)c(O)c4)cc23)c1F. The fourth-order valence-electron chi connectivity index (χ4n) is 3.08. The predicted molar refractivity (Wildman–Crippen MR) is 122 cm³/mol. The molecular weight excluding hydrogens is 430 g/mol. The standard InChI is InChI=1S/C21H13F2N3O3.C3H9N/c22-15-3-4-16(24)19(23)18(15)20(29)14-8-26-21-13(14)5-12(7-25-21)10-1-2-11(9-27)17(28)6-10;1-3-4-2/h1-9,28H,24H2,(H,25,26);4H,3H2,1-2H3. The van der Waals surface area contributed by atoms with Crippen LogP contribution in [-0.2, 0) is 0 Å². The Morgan fingerprint density at radius 1 is 1.21 bits per heavy atom. The van der Waals surface area contributed by atoms with Crippen molar-refractivity contribution in [2.24, 2.45) is 0 Å². The molecule has 0 fully saturated rings. The quantitative estimate of drug-likeness (QED) is 0.206. The number of halogens is 2. The third-order valence-corrected chi connectivity index (χ3v) is 4.97. The van der Waals surface area contributed by atoms with Crippen molar-refractivity contribution in [3.63, 3.8) is 0 Å². The zero-order valence-electron chi connectivity index (χ0n) is 17.9. The second-order valence-corrected chi connectivity index (χ2v) is 7.08. The van der Waals surface area contributed by atoms with Crippen LogP contribution in [0, 0.1) is 11.6 Å². The lowest BCUT2D eigenvalue weighted by atomic mass is 9.99. The molecule has 2 aromatic carbocycles. The van der Waals surface area contributed by atoms with E-state index in [1.54, 1.807) is 12.1 Å². The van der Waals surface area contributed by atoms with Gasteiger partial charge < -0.3 is 21.1 Å². The van der Waals surface area contributed by atoms with Gasteiger partial charge in [-0.15, -0.1) is 0 Å². The van der Waals surface area contributed by atoms with Gasteiger partial charge in [0.25, 0.3) is 0 Å². The van der Waals surface area contributed by atoms with Gasteiger partial charge in [-0.2, -0.15) is 0 Å². The summed E-state index contributed by atoms with van der Waals surface area (Å²) in [5, 5.41) is 13.2. The fourth-order valence-corrected chi connectivity index (χ4v) is 3.08. The molecule has 2 heterocycles. The summed E-state index contributed by atoms with van der Waals surface area (Å²) in [6.07, 6.45) is 3.35. The molecule has 0 unspecified atom stereocenters. The molecule has 2 aromatic heterocycles. The van der Waals surface area contributed by atoms with Crippen molar-refractivity contribution in [3.05, 3.63) is 77.1 Å². The molecule has 170 valence electrons. The number of aromatic nitrogens is 2. The highest BCUT2D eigenvalue weighted by atomic mass is 19.1. The number of nitrogens with one attached hydrogen (secondary N) is 2. The van der Waals surface area contributed by atoms with E-state index < -0.39 is 23.0 Å². The van der Waals surface area contributed by atoms with Crippen molar-refractivity contribution < 1.29 is 23.5 Å². The van der Waals surface area contributed by atoms with Crippen LogP contribution in [0.4, 0.5) is 14.5 Å². The molecule has 0 aliphatic carbocycles. The molecule has 0 bridgehead atoms. The minimum absolute atomic E-state index is 0.0199. The second kappa shape index (κ2) is 10.0. The van der Waals surface area contributed by atoms with Gasteiger partial charge in [0.05, 0.1) is 16.8 Å². The van der Waals surface area contributed by atoms with Crippen LogP contribution in [0.3, 0.4) is 0 Å². The first-order valence-corrected chi connectivity index (χ1v) is 10.0. The summed E-state index contributed by atoms with van der Waals surface area (Å²) in [6, 6.07) is 8.02. The van der Waals surface area contributed by atoms with Gasteiger partial charge in [0.2, 0.25) is 5.78 Å². The van der Waals surface area contributed by atoms with Gasteiger partial charge in [-0.05, 0) is 49.5 Å². The molecule has 0 spiro atoms. The van der Waals surface area contributed by atoms with Crippen LogP contribution >= 0.6 is 0 Å². The Hall–Kier alpha value is -4.11. The van der Waals surface area contributed by atoms with Gasteiger partial charge >= 0.3 is 0 Å². The maximum atomic E-state index is 14.3. The molecule has 0 amide bonds. The average molecular weight is 452 g/mol. The maximum absolute atomic E-state index is 14.3. The van der Waals surface area contributed by atoms with E-state index in [4.69, 9.17) is 5.73 Å². The first kappa shape index (κ1) is 23.6. The number of ketones is 1. The van der Waals surface area contributed by atoms with Crippen molar-refractivity contribution in [3.8, 4) is 16.9 Å². The zero-order chi connectivity index (χ0) is 24.1. The summed E-state index contributed by atoms with van der Waals surface area (Å²) < 4.78 is 28.4. The Morgan fingerprint density at radius 3 is 2.58 bits per heavy atom. The third-order valence-electron chi connectivity index (χ3n) is 4.97. The number of nitrogens with zero attached hydrogens (tertiary/aromatic N) is 1. The van der Waals surface area contributed by atoms with Gasteiger partial charge in [0.1, 0.15) is 17.2 Å². The first-order chi connectivity index (χ1) is 15.8. The number of nitrogen functional groups attached to an aromatic ring is 1. The number of phenolic OH excluding ortho intramolecular Hbond substituents is 1. The lowest BCUT2D eigenvalue weighted by molar-refractivity contribution is 0.103. The second-order valence-electron chi connectivity index (χ2n) is 7.08. The number of hydrogen-bond donors (Lipinski definition) is 4. The number of fused-ring (bicyclic) bond motifs is 1. The summed E-state index contributed by atoms with van der Waals surface area (Å²) in [5.41, 5.74) is 5.96. The molecule has 9 heteroatoms. The number of phenols is 1. The number of rotatable bonds is 5. The fraction of sp³-hybridized carbons (Fsp3) is 0.125. The Bertz CT molecular complexity index is 1330. The number of aldehydes is 1. The largest absolute Gasteiger partial charge is 0.507 e. The molecular formula is C24H22F2N4O3. The molecule has 7 nitrogen and oxygen atoms in total. The zero-order valence-corrected chi connectivity index (χ0v) is 17.9. The number of hydrogen-bond acceptors (Lipinski definition) is 6. The Balaban J connectivity index is 0.000000709. The summed E-state index contributed by atoms with van der Waals surface area (Å²) >= 11 is 0. The number of aromatic amines is 1. The van der Waals surface area contributed by atoms with Crippen LogP contribution in [0.15, 0.2) is 48.8 Å². The maximum Gasteiger partial charge on any atom is 0.201 e. The average Bonchev–Trinajstić information content (AvgIpc) is 3.25. The summed E-state index contributed by atoms with van der Waals surface area (Å²) in [4.78, 5) is 30.7. The number of pyridine rings is 1. The van der Waals surface area contributed by atoms with Crippen molar-refractivity contribution >= 4 is 28.8 Å². The molecule has 33 heavy (non-hydrogen) atoms. The Labute approximate surface area is 188 Å². The lowest BCUT2D eigenvalue weighted by Gasteiger charge is -2.07. The van der Waals surface area contributed by atoms with Crippen molar-refractivity contribution in [2.45, 2.75) is 6.92 Å². The molecule has 4 rings (SSSR count). The van der Waals surface area contributed by atoms with Crippen molar-refractivity contribution in [1.29, 1.82) is 0 Å². The van der Waals surface area contributed by atoms with Gasteiger partial charge in [-0.1, -0.05) is 13.0 Å². The van der Waals surface area contributed by atoms with Crippen LogP contribution in [0.1, 0.15) is 33.2 Å². The van der Waals surface area contributed by atoms with Crippen LogP contribution in [0.25, 0.3) is 22.2 Å². The van der Waals surface area contributed by atoms with Gasteiger partial charge in [-0.3, -0.25) is 9.59 Å². The van der Waals surface area contributed by atoms with Gasteiger partial charge in [-0.25, -0.2) is 13.8 Å². The topological polar surface area (TPSA) is 121 Å². The van der Waals surface area contributed by atoms with Crippen LogP contribution in [-0.4, -0.2) is 40.7 Å². The smallest absolute Gasteiger partial charge is 0.201 e. The van der Waals surface area contributed by atoms with Gasteiger partial charge in [0, 0.05) is 28.9 Å². The van der Waals surface area contributed by atoms with Crippen LogP contribution < -0.4 is 11.1 Å². The van der Waals surface area contributed by atoms with Crippen molar-refractivity contribution in [1.82, 2.24) is 15.3 Å². The highest BCUT2D eigenvalue weighted by Crippen LogP contribution is 2.30. The molecule has 4 aromatic rings. The number of benzene rings is 2. The van der Waals surface area contributed by atoms with Gasteiger partial charge in [0.15, 0.2) is 12.1 Å². The van der Waals surface area contributed by atoms with E-state index in [-0.39, 0.29) is 22.6 Å². The van der Waals surface area contributed by atoms with Crippen LogP contribution in [0.5, 0.6) is 5.75 Å². The molecule has 5 N–H and O–H groups in total. The number of nitrogens with two attached hydrogens (primary N) is 1. The van der Waals surface area contributed by atoms with E-state index in [2.05, 4.69) is 22.2 Å². The summed E-state index contributed by atoms with van der Waals surface area (Å²) in [6.45, 7) is 3.14. The minimum Gasteiger partial charge on any atom is -0.507 e. The first-order valence-electron chi connectivity index (χ1n) is 10.0. The van der Waals surface area contributed by atoms with E-state index in [9.17, 15) is 23.5 Å². The van der Waals surface area contributed by atoms with E-state index in [0.29, 0.717) is 28.4 Å². The molecule has 0 saturated carbocycles. The van der Waals surface area contributed by atoms with E-state index in [0.717, 1.165) is 18.7 Å². The highest BCUT2D eigenvalue weighted by Gasteiger charge is 2.24.